The zero-order chi connectivity index (χ0) is 24.7. The third-order valence-electron chi connectivity index (χ3n) is 5.36. The van der Waals surface area contributed by atoms with E-state index in [4.69, 9.17) is 18.9 Å². The predicted octanol–water partition coefficient (Wildman–Crippen LogP) is 5.66. The van der Waals surface area contributed by atoms with Crippen molar-refractivity contribution in [3.63, 3.8) is 0 Å². The molecule has 0 saturated heterocycles. The second-order valence-corrected chi connectivity index (χ2v) is 7.90. The van der Waals surface area contributed by atoms with Crippen molar-refractivity contribution in [2.45, 2.75) is 38.1 Å². The van der Waals surface area contributed by atoms with E-state index in [0.717, 1.165) is 16.7 Å². The Hall–Kier alpha value is -3.51. The highest BCUT2D eigenvalue weighted by atomic mass is 16.6. The lowest BCUT2D eigenvalue weighted by Crippen LogP contribution is -2.41. The second kappa shape index (κ2) is 14.7. The van der Waals surface area contributed by atoms with Crippen molar-refractivity contribution in [2.75, 3.05) is 7.11 Å². The fraction of sp³-hybridized carbons (Fsp3) is 0.233. The molecule has 0 amide bonds. The van der Waals surface area contributed by atoms with Gasteiger partial charge < -0.3 is 18.9 Å². The van der Waals surface area contributed by atoms with Gasteiger partial charge in [0, 0.05) is 6.08 Å². The van der Waals surface area contributed by atoms with Crippen LogP contribution in [0.4, 0.5) is 0 Å². The molecule has 3 atom stereocenters. The molecule has 0 heterocycles. The van der Waals surface area contributed by atoms with E-state index in [1.807, 2.05) is 91.0 Å². The van der Waals surface area contributed by atoms with Gasteiger partial charge >= 0.3 is 5.97 Å². The molecule has 3 aromatic rings. The van der Waals surface area contributed by atoms with Crippen LogP contribution in [0.3, 0.4) is 0 Å². The van der Waals surface area contributed by atoms with E-state index in [1.54, 1.807) is 12.2 Å². The van der Waals surface area contributed by atoms with Crippen LogP contribution in [0.1, 0.15) is 16.7 Å². The molecule has 0 aliphatic carbocycles. The Morgan fingerprint density at radius 3 is 1.57 bits per heavy atom. The normalized spacial score (nSPS) is 13.7. The SMILES string of the molecule is C=CC(OCc1ccccc1)C(OCc1ccccc1)C(C=CC(=O)OC)OCc1ccccc1. The van der Waals surface area contributed by atoms with Gasteiger partial charge in [-0.05, 0) is 22.8 Å². The zero-order valence-electron chi connectivity index (χ0n) is 20.0. The largest absolute Gasteiger partial charge is 0.466 e. The van der Waals surface area contributed by atoms with Crippen molar-refractivity contribution in [3.8, 4) is 0 Å². The number of esters is 1. The van der Waals surface area contributed by atoms with E-state index in [1.165, 1.54) is 13.2 Å². The Bertz CT molecular complexity index is 1030. The number of carbonyl (C=O) groups excluding carboxylic acids is 1. The fourth-order valence-electron chi connectivity index (χ4n) is 3.48. The number of benzene rings is 3. The Labute approximate surface area is 207 Å². The Morgan fingerprint density at radius 2 is 1.14 bits per heavy atom. The standard InChI is InChI=1S/C30H32O5/c1-3-27(33-21-24-13-7-4-8-14-24)30(35-23-26-17-11-6-12-18-26)28(19-20-29(31)32-2)34-22-25-15-9-5-10-16-25/h3-20,27-28,30H,1,21-23H2,2H3. The summed E-state index contributed by atoms with van der Waals surface area (Å²) in [5.41, 5.74) is 3.06. The fourth-order valence-corrected chi connectivity index (χ4v) is 3.48. The zero-order valence-corrected chi connectivity index (χ0v) is 20.0. The number of carbonyl (C=O) groups is 1. The lowest BCUT2D eigenvalue weighted by molar-refractivity contribution is -0.135. The molecule has 0 aliphatic heterocycles. The highest BCUT2D eigenvalue weighted by Crippen LogP contribution is 2.20. The molecule has 0 saturated carbocycles. The van der Waals surface area contributed by atoms with Gasteiger partial charge in [0.05, 0.1) is 26.9 Å². The van der Waals surface area contributed by atoms with Crippen LogP contribution in [0.2, 0.25) is 0 Å². The van der Waals surface area contributed by atoms with Gasteiger partial charge in [-0.1, -0.05) is 97.1 Å². The maximum absolute atomic E-state index is 11.9. The smallest absolute Gasteiger partial charge is 0.330 e. The quantitative estimate of drug-likeness (QED) is 0.172. The second-order valence-electron chi connectivity index (χ2n) is 7.90. The number of hydrogen-bond donors (Lipinski definition) is 0. The van der Waals surface area contributed by atoms with Gasteiger partial charge in [-0.3, -0.25) is 0 Å². The average Bonchev–Trinajstić information content (AvgIpc) is 2.92. The van der Waals surface area contributed by atoms with Gasteiger partial charge in [0.25, 0.3) is 0 Å². The molecule has 5 heteroatoms. The van der Waals surface area contributed by atoms with E-state index in [2.05, 4.69) is 6.58 Å². The number of methoxy groups -OCH3 is 1. The first-order valence-corrected chi connectivity index (χ1v) is 11.5. The summed E-state index contributed by atoms with van der Waals surface area (Å²) in [6.07, 6.45) is 3.06. The van der Waals surface area contributed by atoms with Gasteiger partial charge in [0.15, 0.2) is 0 Å². The molecule has 3 rings (SSSR count). The van der Waals surface area contributed by atoms with Gasteiger partial charge in [0.2, 0.25) is 0 Å². The summed E-state index contributed by atoms with van der Waals surface area (Å²) < 4.78 is 23.6. The van der Waals surface area contributed by atoms with Gasteiger partial charge in [0.1, 0.15) is 18.3 Å². The van der Waals surface area contributed by atoms with Crippen LogP contribution < -0.4 is 0 Å². The van der Waals surface area contributed by atoms with Crippen LogP contribution in [0.15, 0.2) is 116 Å². The third kappa shape index (κ3) is 8.98. The lowest BCUT2D eigenvalue weighted by atomic mass is 10.1. The van der Waals surface area contributed by atoms with Crippen LogP contribution in [0.5, 0.6) is 0 Å². The summed E-state index contributed by atoms with van der Waals surface area (Å²) in [4.78, 5) is 11.9. The minimum atomic E-state index is -0.600. The lowest BCUT2D eigenvalue weighted by Gasteiger charge is -2.31. The maximum Gasteiger partial charge on any atom is 0.330 e. The van der Waals surface area contributed by atoms with Crippen molar-refractivity contribution in [1.29, 1.82) is 0 Å². The summed E-state index contributed by atoms with van der Waals surface area (Å²) >= 11 is 0. The molecule has 5 nitrogen and oxygen atoms in total. The molecule has 0 bridgehead atoms. The summed E-state index contributed by atoms with van der Waals surface area (Å²) in [5, 5.41) is 0. The Morgan fingerprint density at radius 1 is 0.714 bits per heavy atom. The highest BCUT2D eigenvalue weighted by Gasteiger charge is 2.29. The van der Waals surface area contributed by atoms with Crippen LogP contribution in [-0.2, 0) is 43.6 Å². The number of hydrogen-bond acceptors (Lipinski definition) is 5. The Kier molecular flexibility index (Phi) is 11.0. The molecular weight excluding hydrogens is 440 g/mol. The first-order valence-electron chi connectivity index (χ1n) is 11.5. The monoisotopic (exact) mass is 472 g/mol. The molecule has 0 N–H and O–H groups in total. The van der Waals surface area contributed by atoms with Crippen LogP contribution in [-0.4, -0.2) is 31.4 Å². The first-order chi connectivity index (χ1) is 17.2. The molecule has 182 valence electrons. The summed E-state index contributed by atoms with van der Waals surface area (Å²) in [5.74, 6) is -0.472. The number of ether oxygens (including phenoxy) is 4. The molecule has 0 spiro atoms. The van der Waals surface area contributed by atoms with Crippen molar-refractivity contribution >= 4 is 5.97 Å². The summed E-state index contributed by atoms with van der Waals surface area (Å²) in [6.45, 7) is 5.06. The average molecular weight is 473 g/mol. The van der Waals surface area contributed by atoms with E-state index < -0.39 is 24.3 Å². The predicted molar refractivity (Wildman–Crippen MR) is 136 cm³/mol. The van der Waals surface area contributed by atoms with Gasteiger partial charge in [-0.15, -0.1) is 6.58 Å². The van der Waals surface area contributed by atoms with Gasteiger partial charge in [-0.2, -0.15) is 0 Å². The molecular formula is C30H32O5. The summed E-state index contributed by atoms with van der Waals surface area (Å²) in [7, 11) is 1.34. The van der Waals surface area contributed by atoms with Crippen molar-refractivity contribution in [1.82, 2.24) is 0 Å². The summed E-state index contributed by atoms with van der Waals surface area (Å²) in [6, 6.07) is 29.6. The molecule has 3 unspecified atom stereocenters. The third-order valence-corrected chi connectivity index (χ3v) is 5.36. The topological polar surface area (TPSA) is 54.0 Å². The molecule has 0 aromatic heterocycles. The first kappa shape index (κ1) is 26.1. The Balaban J connectivity index is 1.83. The van der Waals surface area contributed by atoms with Crippen molar-refractivity contribution in [2.24, 2.45) is 0 Å². The van der Waals surface area contributed by atoms with Gasteiger partial charge in [-0.25, -0.2) is 4.79 Å². The van der Waals surface area contributed by atoms with Crippen molar-refractivity contribution in [3.05, 3.63) is 132 Å². The molecule has 0 aliphatic rings. The van der Waals surface area contributed by atoms with E-state index in [9.17, 15) is 4.79 Å². The molecule has 35 heavy (non-hydrogen) atoms. The molecule has 0 fully saturated rings. The minimum absolute atomic E-state index is 0.338. The molecule has 0 radical (unpaired) electrons. The van der Waals surface area contributed by atoms with Crippen LogP contribution in [0.25, 0.3) is 0 Å². The van der Waals surface area contributed by atoms with E-state index in [-0.39, 0.29) is 0 Å². The highest BCUT2D eigenvalue weighted by molar-refractivity contribution is 5.81. The van der Waals surface area contributed by atoms with E-state index in [0.29, 0.717) is 19.8 Å². The maximum atomic E-state index is 11.9. The minimum Gasteiger partial charge on any atom is -0.466 e. The van der Waals surface area contributed by atoms with Crippen LogP contribution >= 0.6 is 0 Å². The van der Waals surface area contributed by atoms with Crippen LogP contribution in [0, 0.1) is 0 Å². The van der Waals surface area contributed by atoms with E-state index >= 15 is 0 Å². The number of rotatable bonds is 14. The van der Waals surface area contributed by atoms with Crippen molar-refractivity contribution < 1.29 is 23.7 Å². The molecule has 3 aromatic carbocycles.